The lowest BCUT2D eigenvalue weighted by molar-refractivity contribution is -0.124. The smallest absolute Gasteiger partial charge is 0.267 e. The van der Waals surface area contributed by atoms with E-state index >= 15 is 0 Å². The van der Waals surface area contributed by atoms with Gasteiger partial charge in [-0.25, -0.2) is 10.5 Å². The van der Waals surface area contributed by atoms with Crippen molar-refractivity contribution in [3.05, 3.63) is 107 Å². The van der Waals surface area contributed by atoms with Gasteiger partial charge in [0, 0.05) is 17.3 Å². The van der Waals surface area contributed by atoms with Gasteiger partial charge in [0.25, 0.3) is 5.91 Å². The maximum absolute atomic E-state index is 11.4. The van der Waals surface area contributed by atoms with E-state index in [9.17, 15) is 4.79 Å². The third kappa shape index (κ3) is 5.21. The molecule has 0 bridgehead atoms. The van der Waals surface area contributed by atoms with E-state index in [0.29, 0.717) is 5.92 Å². The van der Waals surface area contributed by atoms with Gasteiger partial charge in [-0.3, -0.25) is 10.0 Å². The Hall–Kier alpha value is -3.70. The van der Waals surface area contributed by atoms with Crippen molar-refractivity contribution in [1.29, 1.82) is 0 Å². The SMILES string of the molecule is Cc1nc(-c2cccc(/C=C/C(=O)NO)c2)n([C@H](C)c2ccccc2)c1CC1C=CC=CC1. The molecule has 0 spiro atoms. The molecular formula is C28H29N3O2. The molecule has 5 nitrogen and oxygen atoms in total. The number of imidazole rings is 1. The summed E-state index contributed by atoms with van der Waals surface area (Å²) in [7, 11) is 0. The second-order valence-corrected chi connectivity index (χ2v) is 8.37. The van der Waals surface area contributed by atoms with E-state index in [4.69, 9.17) is 10.2 Å². The van der Waals surface area contributed by atoms with Crippen LogP contribution in [0.25, 0.3) is 17.5 Å². The average molecular weight is 440 g/mol. The number of allylic oxidation sites excluding steroid dienone is 4. The second kappa shape index (κ2) is 10.3. The van der Waals surface area contributed by atoms with Crippen LogP contribution in [-0.4, -0.2) is 20.7 Å². The normalized spacial score (nSPS) is 16.3. The zero-order valence-corrected chi connectivity index (χ0v) is 19.0. The quantitative estimate of drug-likeness (QED) is 0.284. The topological polar surface area (TPSA) is 67.2 Å². The number of aryl methyl sites for hydroxylation is 1. The summed E-state index contributed by atoms with van der Waals surface area (Å²) in [5.41, 5.74) is 6.97. The van der Waals surface area contributed by atoms with Crippen molar-refractivity contribution in [3.8, 4) is 11.4 Å². The van der Waals surface area contributed by atoms with Gasteiger partial charge in [-0.1, -0.05) is 72.8 Å². The molecule has 1 aliphatic carbocycles. The maximum Gasteiger partial charge on any atom is 0.267 e. The molecule has 2 N–H and O–H groups in total. The van der Waals surface area contributed by atoms with Crippen molar-refractivity contribution in [1.82, 2.24) is 15.0 Å². The monoisotopic (exact) mass is 439 g/mol. The molecule has 1 heterocycles. The molecular weight excluding hydrogens is 410 g/mol. The Morgan fingerprint density at radius 2 is 2.03 bits per heavy atom. The molecule has 0 aliphatic heterocycles. The van der Waals surface area contributed by atoms with Gasteiger partial charge in [0.15, 0.2) is 0 Å². The van der Waals surface area contributed by atoms with Crippen LogP contribution in [0, 0.1) is 12.8 Å². The summed E-state index contributed by atoms with van der Waals surface area (Å²) in [5.74, 6) is 0.801. The molecule has 0 radical (unpaired) electrons. The molecule has 0 saturated carbocycles. The Balaban J connectivity index is 1.79. The van der Waals surface area contributed by atoms with Crippen molar-refractivity contribution in [3.63, 3.8) is 0 Å². The Morgan fingerprint density at radius 1 is 1.21 bits per heavy atom. The standard InChI is InChI=1S/C28H29N3O2/c1-20-26(19-22-10-5-3-6-11-22)31(21(2)24-13-7-4-8-14-24)28(29-20)25-15-9-12-23(18-25)16-17-27(32)30-33/h3-10,12-18,21-22,33H,11,19H2,1-2H3,(H,30,32)/b17-16+/t21-,22?/m1/s1. The highest BCUT2D eigenvalue weighted by atomic mass is 16.5. The Labute approximate surface area is 194 Å². The third-order valence-electron chi connectivity index (χ3n) is 6.09. The van der Waals surface area contributed by atoms with Gasteiger partial charge >= 0.3 is 0 Å². The highest BCUT2D eigenvalue weighted by Crippen LogP contribution is 2.32. The summed E-state index contributed by atoms with van der Waals surface area (Å²) < 4.78 is 2.36. The fourth-order valence-electron chi connectivity index (χ4n) is 4.35. The van der Waals surface area contributed by atoms with Crippen LogP contribution in [-0.2, 0) is 11.2 Å². The number of benzene rings is 2. The largest absolute Gasteiger partial charge is 0.321 e. The van der Waals surface area contributed by atoms with E-state index in [1.807, 2.05) is 30.3 Å². The van der Waals surface area contributed by atoms with E-state index in [2.05, 4.69) is 67.0 Å². The Bertz CT molecular complexity index is 1210. The van der Waals surface area contributed by atoms with Crippen molar-refractivity contribution >= 4 is 12.0 Å². The molecule has 0 fully saturated rings. The van der Waals surface area contributed by atoms with E-state index in [0.717, 1.165) is 35.5 Å². The second-order valence-electron chi connectivity index (χ2n) is 8.37. The Morgan fingerprint density at radius 3 is 2.76 bits per heavy atom. The number of hydroxylamine groups is 1. The minimum absolute atomic E-state index is 0.111. The van der Waals surface area contributed by atoms with Crippen molar-refractivity contribution in [2.24, 2.45) is 5.92 Å². The van der Waals surface area contributed by atoms with Crippen LogP contribution in [0.15, 0.2) is 85.0 Å². The highest BCUT2D eigenvalue weighted by Gasteiger charge is 2.23. The summed E-state index contributed by atoms with van der Waals surface area (Å²) in [6.45, 7) is 4.31. The van der Waals surface area contributed by atoms with Crippen LogP contribution in [0.3, 0.4) is 0 Å². The number of aromatic nitrogens is 2. The summed E-state index contributed by atoms with van der Waals surface area (Å²) in [6.07, 6.45) is 13.7. The fraction of sp³-hybridized carbons (Fsp3) is 0.214. The van der Waals surface area contributed by atoms with Gasteiger partial charge < -0.3 is 4.57 Å². The Kier molecular flexibility index (Phi) is 7.01. The molecule has 4 rings (SSSR count). The van der Waals surface area contributed by atoms with Crippen LogP contribution in [0.4, 0.5) is 0 Å². The zero-order valence-electron chi connectivity index (χ0n) is 19.0. The molecule has 2 aromatic carbocycles. The lowest BCUT2D eigenvalue weighted by Gasteiger charge is -2.23. The molecule has 168 valence electrons. The van der Waals surface area contributed by atoms with E-state index in [1.54, 1.807) is 11.6 Å². The van der Waals surface area contributed by atoms with Gasteiger partial charge in [0.05, 0.1) is 11.7 Å². The first-order chi connectivity index (χ1) is 16.1. The molecule has 2 atom stereocenters. The molecule has 5 heteroatoms. The first-order valence-corrected chi connectivity index (χ1v) is 11.3. The predicted octanol–water partition coefficient (Wildman–Crippen LogP) is 5.66. The molecule has 3 aromatic rings. The van der Waals surface area contributed by atoms with E-state index in [-0.39, 0.29) is 6.04 Å². The number of amides is 1. The number of carbonyl (C=O) groups is 1. The maximum atomic E-state index is 11.4. The van der Waals surface area contributed by atoms with Crippen molar-refractivity contribution in [2.75, 3.05) is 0 Å². The molecule has 1 aromatic heterocycles. The highest BCUT2D eigenvalue weighted by molar-refractivity contribution is 5.91. The fourth-order valence-corrected chi connectivity index (χ4v) is 4.35. The van der Waals surface area contributed by atoms with Gasteiger partial charge in [0.1, 0.15) is 5.82 Å². The lowest BCUT2D eigenvalue weighted by atomic mass is 9.94. The van der Waals surface area contributed by atoms with Crippen molar-refractivity contribution in [2.45, 2.75) is 32.7 Å². The van der Waals surface area contributed by atoms with Gasteiger partial charge in [-0.15, -0.1) is 0 Å². The van der Waals surface area contributed by atoms with Crippen LogP contribution in [0.2, 0.25) is 0 Å². The predicted molar refractivity (Wildman–Crippen MR) is 132 cm³/mol. The van der Waals surface area contributed by atoms with Crippen LogP contribution in [0.1, 0.15) is 41.9 Å². The van der Waals surface area contributed by atoms with Gasteiger partial charge in [0.2, 0.25) is 0 Å². The molecule has 1 amide bonds. The molecule has 0 saturated heterocycles. The number of hydrogen-bond donors (Lipinski definition) is 2. The number of nitrogens with zero attached hydrogens (tertiary/aromatic N) is 2. The molecule has 1 unspecified atom stereocenters. The number of hydrogen-bond acceptors (Lipinski definition) is 3. The number of rotatable bonds is 7. The van der Waals surface area contributed by atoms with Crippen LogP contribution < -0.4 is 5.48 Å². The lowest BCUT2D eigenvalue weighted by Crippen LogP contribution is -2.15. The summed E-state index contributed by atoms with van der Waals surface area (Å²) in [6, 6.07) is 18.5. The summed E-state index contributed by atoms with van der Waals surface area (Å²) in [4.78, 5) is 16.4. The van der Waals surface area contributed by atoms with Crippen LogP contribution >= 0.6 is 0 Å². The zero-order chi connectivity index (χ0) is 23.2. The average Bonchev–Trinajstić information content (AvgIpc) is 3.19. The number of nitrogens with one attached hydrogen (secondary N) is 1. The summed E-state index contributed by atoms with van der Waals surface area (Å²) in [5, 5.41) is 8.75. The van der Waals surface area contributed by atoms with Crippen LogP contribution in [0.5, 0.6) is 0 Å². The first-order valence-electron chi connectivity index (χ1n) is 11.3. The molecule has 1 aliphatic rings. The van der Waals surface area contributed by atoms with Crippen molar-refractivity contribution < 1.29 is 10.0 Å². The van der Waals surface area contributed by atoms with E-state index < -0.39 is 5.91 Å². The number of carbonyl (C=O) groups excluding carboxylic acids is 1. The van der Waals surface area contributed by atoms with Gasteiger partial charge in [-0.05, 0) is 55.9 Å². The molecule has 33 heavy (non-hydrogen) atoms. The first kappa shape index (κ1) is 22.5. The minimum Gasteiger partial charge on any atom is -0.321 e. The minimum atomic E-state index is -0.563. The third-order valence-corrected chi connectivity index (χ3v) is 6.09. The van der Waals surface area contributed by atoms with Gasteiger partial charge in [-0.2, -0.15) is 0 Å². The summed E-state index contributed by atoms with van der Waals surface area (Å²) >= 11 is 0. The van der Waals surface area contributed by atoms with E-state index in [1.165, 1.54) is 17.3 Å².